The van der Waals surface area contributed by atoms with Crippen LogP contribution < -0.4 is 0 Å². The highest BCUT2D eigenvalue weighted by molar-refractivity contribution is 5.85. The normalized spacial score (nSPS) is 13.9. The van der Waals surface area contributed by atoms with Crippen LogP contribution in [0.15, 0.2) is 0 Å². The fraction of sp³-hybridized carbons (Fsp3) is 0.667. The maximum absolute atomic E-state index is 10.8. The molecule has 0 heterocycles. The zero-order chi connectivity index (χ0) is 13.4. The summed E-state index contributed by atoms with van der Waals surface area (Å²) >= 11 is 0. The Morgan fingerprint density at radius 3 is 2.00 bits per heavy atom. The van der Waals surface area contributed by atoms with E-state index in [0.717, 1.165) is 0 Å². The molecule has 2 atom stereocenters. The van der Waals surface area contributed by atoms with Crippen LogP contribution in [-0.4, -0.2) is 57.7 Å². The number of carbonyl (C=O) groups is 3. The summed E-state index contributed by atoms with van der Waals surface area (Å²) in [5.41, 5.74) is 0. The molecule has 2 unspecified atom stereocenters. The summed E-state index contributed by atoms with van der Waals surface area (Å²) in [4.78, 5) is 32.0. The van der Waals surface area contributed by atoms with Crippen LogP contribution in [0.4, 0.5) is 0 Å². The van der Waals surface area contributed by atoms with Crippen LogP contribution in [-0.2, 0) is 19.1 Å². The number of carboxylic acids is 3. The van der Waals surface area contributed by atoms with Gasteiger partial charge in [0.15, 0.2) is 6.10 Å². The highest BCUT2D eigenvalue weighted by Crippen LogP contribution is 2.14. The lowest BCUT2D eigenvalue weighted by Crippen LogP contribution is -2.38. The van der Waals surface area contributed by atoms with Crippen molar-refractivity contribution in [2.24, 2.45) is 5.92 Å². The molecule has 17 heavy (non-hydrogen) atoms. The van der Waals surface area contributed by atoms with E-state index in [-0.39, 0.29) is 19.6 Å². The van der Waals surface area contributed by atoms with Gasteiger partial charge in [0.25, 0.3) is 0 Å². The van der Waals surface area contributed by atoms with Gasteiger partial charge in [-0.05, 0) is 6.42 Å². The average molecular weight is 250 g/mol. The van der Waals surface area contributed by atoms with Gasteiger partial charge in [-0.25, -0.2) is 4.79 Å². The van der Waals surface area contributed by atoms with E-state index in [1.807, 2.05) is 0 Å². The predicted octanol–water partition coefficient (Wildman–Crippen LogP) is -0.986. The number of hydrogen-bond acceptors (Lipinski definition) is 5. The maximum Gasteiger partial charge on any atom is 0.333 e. The van der Waals surface area contributed by atoms with E-state index in [9.17, 15) is 14.4 Å². The molecule has 0 aromatic carbocycles. The van der Waals surface area contributed by atoms with Crippen molar-refractivity contribution in [1.82, 2.24) is 0 Å². The molecule has 0 saturated carbocycles. The Hall–Kier alpha value is -1.67. The molecule has 0 rings (SSSR count). The largest absolute Gasteiger partial charge is 0.481 e. The third-order valence-electron chi connectivity index (χ3n) is 1.92. The number of carboxylic acid groups (broad SMARTS) is 3. The molecule has 0 aromatic rings. The molecular formula is C9H14O8. The third kappa shape index (κ3) is 5.83. The smallest absolute Gasteiger partial charge is 0.333 e. The van der Waals surface area contributed by atoms with Gasteiger partial charge in [-0.2, -0.15) is 0 Å². The molecule has 0 spiro atoms. The fourth-order valence-corrected chi connectivity index (χ4v) is 1.15. The van der Waals surface area contributed by atoms with E-state index in [1.54, 1.807) is 0 Å². The van der Waals surface area contributed by atoms with Gasteiger partial charge in [-0.3, -0.25) is 9.59 Å². The summed E-state index contributed by atoms with van der Waals surface area (Å²) in [6.07, 6.45) is -2.44. The molecule has 0 bridgehead atoms. The van der Waals surface area contributed by atoms with Gasteiger partial charge in [-0.15, -0.1) is 0 Å². The molecule has 0 aliphatic heterocycles. The topological polar surface area (TPSA) is 141 Å². The maximum atomic E-state index is 10.8. The molecule has 4 N–H and O–H groups in total. The van der Waals surface area contributed by atoms with Crippen LogP contribution in [0.3, 0.4) is 0 Å². The first-order valence-electron chi connectivity index (χ1n) is 4.80. The number of aliphatic hydroxyl groups is 1. The molecule has 0 amide bonds. The Kier molecular flexibility index (Phi) is 6.83. The highest BCUT2D eigenvalue weighted by Gasteiger charge is 2.36. The first-order chi connectivity index (χ1) is 7.90. The summed E-state index contributed by atoms with van der Waals surface area (Å²) in [6, 6.07) is 0. The van der Waals surface area contributed by atoms with E-state index in [4.69, 9.17) is 25.2 Å². The molecule has 0 aliphatic rings. The van der Waals surface area contributed by atoms with Crippen molar-refractivity contribution in [2.75, 3.05) is 13.2 Å². The van der Waals surface area contributed by atoms with Gasteiger partial charge in [0, 0.05) is 13.2 Å². The molecule has 8 nitrogen and oxygen atoms in total. The number of aliphatic carboxylic acids is 3. The highest BCUT2D eigenvalue weighted by atomic mass is 16.5. The summed E-state index contributed by atoms with van der Waals surface area (Å²) in [5, 5.41) is 34.5. The van der Waals surface area contributed by atoms with Crippen LogP contribution in [0, 0.1) is 5.92 Å². The van der Waals surface area contributed by atoms with Crippen molar-refractivity contribution in [3.63, 3.8) is 0 Å². The monoisotopic (exact) mass is 250 g/mol. The Morgan fingerprint density at radius 1 is 1.06 bits per heavy atom. The van der Waals surface area contributed by atoms with Crippen LogP contribution in [0.1, 0.15) is 12.8 Å². The lowest BCUT2D eigenvalue weighted by molar-refractivity contribution is -0.166. The van der Waals surface area contributed by atoms with Gasteiger partial charge in [-0.1, -0.05) is 0 Å². The summed E-state index contributed by atoms with van der Waals surface area (Å²) in [6.45, 7) is -0.389. The first kappa shape index (κ1) is 15.3. The standard InChI is InChI=1S/C9H14O8/c10-2-1-3-17-7(9(15)16)5(8(13)14)4-6(11)12/h5,7,10H,1-4H2,(H,11,12)(H,13,14)(H,15,16). The Bertz CT molecular complexity index is 287. The van der Waals surface area contributed by atoms with Crippen LogP contribution in [0.5, 0.6) is 0 Å². The third-order valence-corrected chi connectivity index (χ3v) is 1.92. The number of ether oxygens (including phenoxy) is 1. The average Bonchev–Trinajstić information content (AvgIpc) is 2.20. The van der Waals surface area contributed by atoms with E-state index >= 15 is 0 Å². The summed E-state index contributed by atoms with van der Waals surface area (Å²) in [7, 11) is 0. The predicted molar refractivity (Wildman–Crippen MR) is 52.5 cm³/mol. The zero-order valence-corrected chi connectivity index (χ0v) is 8.90. The lowest BCUT2D eigenvalue weighted by atomic mass is 9.98. The van der Waals surface area contributed by atoms with Crippen molar-refractivity contribution in [2.45, 2.75) is 18.9 Å². The van der Waals surface area contributed by atoms with Gasteiger partial charge in [0.1, 0.15) is 5.92 Å². The second-order valence-electron chi connectivity index (χ2n) is 3.25. The summed E-state index contributed by atoms with van der Waals surface area (Å²) in [5.74, 6) is -6.18. The Morgan fingerprint density at radius 2 is 1.65 bits per heavy atom. The molecule has 98 valence electrons. The van der Waals surface area contributed by atoms with Gasteiger partial charge < -0.3 is 25.2 Å². The van der Waals surface area contributed by atoms with Crippen molar-refractivity contribution < 1.29 is 39.5 Å². The Balaban J connectivity index is 4.65. The summed E-state index contributed by atoms with van der Waals surface area (Å²) < 4.78 is 4.76. The molecular weight excluding hydrogens is 236 g/mol. The van der Waals surface area contributed by atoms with E-state index in [1.165, 1.54) is 0 Å². The van der Waals surface area contributed by atoms with E-state index in [2.05, 4.69) is 0 Å². The van der Waals surface area contributed by atoms with Crippen molar-refractivity contribution in [3.8, 4) is 0 Å². The Labute approximate surface area is 96.4 Å². The SMILES string of the molecule is O=C(O)CC(C(=O)O)C(OCCCO)C(=O)O. The minimum atomic E-state index is -1.74. The minimum absolute atomic E-state index is 0.142. The van der Waals surface area contributed by atoms with Crippen LogP contribution in [0.25, 0.3) is 0 Å². The second-order valence-corrected chi connectivity index (χ2v) is 3.25. The van der Waals surface area contributed by atoms with Crippen LogP contribution in [0.2, 0.25) is 0 Å². The molecule has 0 aliphatic carbocycles. The lowest BCUT2D eigenvalue weighted by Gasteiger charge is -2.19. The second kappa shape index (κ2) is 7.58. The quantitative estimate of drug-likeness (QED) is 0.382. The van der Waals surface area contributed by atoms with Crippen molar-refractivity contribution >= 4 is 17.9 Å². The first-order valence-corrected chi connectivity index (χ1v) is 4.80. The number of aliphatic hydroxyl groups excluding tert-OH is 1. The van der Waals surface area contributed by atoms with E-state index in [0.29, 0.717) is 0 Å². The molecule has 0 aromatic heterocycles. The van der Waals surface area contributed by atoms with Crippen LogP contribution >= 0.6 is 0 Å². The number of hydrogen-bond donors (Lipinski definition) is 4. The minimum Gasteiger partial charge on any atom is -0.481 e. The van der Waals surface area contributed by atoms with Gasteiger partial charge in [0.05, 0.1) is 6.42 Å². The van der Waals surface area contributed by atoms with Crippen molar-refractivity contribution in [1.29, 1.82) is 0 Å². The fourth-order valence-electron chi connectivity index (χ4n) is 1.15. The van der Waals surface area contributed by atoms with E-state index < -0.39 is 36.4 Å². The van der Waals surface area contributed by atoms with Gasteiger partial charge >= 0.3 is 17.9 Å². The molecule has 0 saturated heterocycles. The van der Waals surface area contributed by atoms with Gasteiger partial charge in [0.2, 0.25) is 0 Å². The zero-order valence-electron chi connectivity index (χ0n) is 8.90. The number of rotatable bonds is 9. The molecule has 8 heteroatoms. The molecule has 0 fully saturated rings. The van der Waals surface area contributed by atoms with Crippen molar-refractivity contribution in [3.05, 3.63) is 0 Å². The molecule has 0 radical (unpaired) electrons.